The first-order valence-electron chi connectivity index (χ1n) is 28.1. The molecule has 1 aliphatic rings. The van der Waals surface area contributed by atoms with Crippen LogP contribution < -0.4 is 5.32 Å². The molecule has 1 aliphatic carbocycles. The van der Waals surface area contributed by atoms with Crippen molar-refractivity contribution in [2.75, 3.05) is 40.9 Å². The topological polar surface area (TPSA) is 187 Å². The van der Waals surface area contributed by atoms with Gasteiger partial charge < -0.3 is 38.5 Å². The molecule has 0 aromatic heterocycles. The second-order valence-corrected chi connectivity index (χ2v) is 27.8. The molecule has 0 saturated carbocycles. The van der Waals surface area contributed by atoms with Crippen molar-refractivity contribution in [2.24, 2.45) is 17.8 Å². The van der Waals surface area contributed by atoms with Crippen LogP contribution in [0.15, 0.2) is 103 Å². The molecule has 0 saturated heterocycles. The maximum Gasteiger partial charge on any atom is 0.410 e. The van der Waals surface area contributed by atoms with Gasteiger partial charge in [-0.1, -0.05) is 159 Å². The van der Waals surface area contributed by atoms with Crippen molar-refractivity contribution in [3.8, 4) is 11.1 Å². The lowest BCUT2D eigenvalue weighted by molar-refractivity contribution is -0.162. The first-order chi connectivity index (χ1) is 37.6. The van der Waals surface area contributed by atoms with Crippen molar-refractivity contribution in [3.05, 3.63) is 120 Å². The van der Waals surface area contributed by atoms with E-state index in [-0.39, 0.29) is 55.0 Å². The first kappa shape index (κ1) is 65.9. The number of likely N-dealkylation sites (N-methyl/N-ethyl adjacent to an activating group) is 3. The molecule has 0 unspecified atom stereocenters. The van der Waals surface area contributed by atoms with Crippen LogP contribution in [0.4, 0.5) is 4.79 Å². The van der Waals surface area contributed by atoms with E-state index in [4.69, 9.17) is 23.4 Å². The number of esters is 3. The maximum atomic E-state index is 14.2. The quantitative estimate of drug-likeness (QED) is 0.0239. The lowest BCUT2D eigenvalue weighted by Crippen LogP contribution is -2.56. The average molecular weight is 1120 g/mol. The predicted octanol–water partition coefficient (Wildman–Crippen LogP) is 10.3. The summed E-state index contributed by atoms with van der Waals surface area (Å²) < 4.78 is 30.5. The second kappa shape index (κ2) is 29.7. The molecule has 0 radical (unpaired) electrons. The third-order valence-corrected chi connectivity index (χ3v) is 20.7. The molecule has 80 heavy (non-hydrogen) atoms. The van der Waals surface area contributed by atoms with Gasteiger partial charge >= 0.3 is 24.0 Å². The first-order valence-corrected chi connectivity index (χ1v) is 31.0. The Bertz CT molecular complexity index is 2610. The molecule has 0 bridgehead atoms. The second-order valence-electron chi connectivity index (χ2n) is 23.0. The van der Waals surface area contributed by atoms with Crippen molar-refractivity contribution >= 4 is 50.0 Å². The summed E-state index contributed by atoms with van der Waals surface area (Å²) in [6.07, 6.45) is 1.51. The van der Waals surface area contributed by atoms with Crippen LogP contribution in [0.5, 0.6) is 0 Å². The number of amides is 4. The van der Waals surface area contributed by atoms with Gasteiger partial charge in [0.25, 0.3) is 5.91 Å². The number of rotatable bonds is 28. The largest absolute Gasteiger partial charge is 0.460 e. The minimum absolute atomic E-state index is 0.0194. The number of hydrogen-bond donors (Lipinski definition) is 1. The summed E-state index contributed by atoms with van der Waals surface area (Å²) in [7, 11) is 1.94. The molecule has 0 heterocycles. The standard InChI is InChI=1S/C63H90N4O12Si/c1-18-36-75-54(68)38-65(13)59(71)52(37-46-28-22-21-23-29-46)67(15)58(70)44(8)64-57(69)56(41(5)20-3)78-60(72)42(6)34-35-53(79-80(16,17)63(10,11)12)43(7)55(40(4)19-2)77-61(73)45(9)66(14)62(74)76-39-51-49-32-26-24-30-47(49)48-31-25-27-33-50(48)51/h18,21-34,40-41,43-45,51-53,55-56H,1,19-20,35-39H2,2-17H3,(H,64,69)/b42-34+/t40-,41-,43-,44-,45-,52+,53+,55-,56+/m0/s1. The number of carbonyl (C=O) groups excluding carboxylic acids is 7. The number of hydrogen-bond acceptors (Lipinski definition) is 12. The smallest absolute Gasteiger partial charge is 0.410 e. The van der Waals surface area contributed by atoms with Crippen molar-refractivity contribution in [2.45, 2.75) is 162 Å². The van der Waals surface area contributed by atoms with Crippen molar-refractivity contribution < 1.29 is 56.9 Å². The fourth-order valence-electron chi connectivity index (χ4n) is 9.35. The molecule has 4 amide bonds. The molecule has 9 atom stereocenters. The maximum absolute atomic E-state index is 14.2. The van der Waals surface area contributed by atoms with Gasteiger partial charge in [-0.05, 0) is 85.5 Å². The number of nitrogens with zero attached hydrogens (tertiary/aromatic N) is 3. The number of nitrogens with one attached hydrogen (secondary N) is 1. The zero-order valence-corrected chi connectivity index (χ0v) is 51.3. The molecule has 0 aliphatic heterocycles. The van der Waals surface area contributed by atoms with Crippen LogP contribution in [0, 0.1) is 17.8 Å². The van der Waals surface area contributed by atoms with Crippen LogP contribution in [0.1, 0.15) is 118 Å². The third-order valence-electron chi connectivity index (χ3n) is 16.2. The van der Waals surface area contributed by atoms with E-state index in [0.29, 0.717) is 12.8 Å². The summed E-state index contributed by atoms with van der Waals surface area (Å²) in [5.74, 6) is -4.88. The van der Waals surface area contributed by atoms with Gasteiger partial charge in [-0.15, -0.1) is 0 Å². The lowest BCUT2D eigenvalue weighted by Gasteiger charge is -2.43. The Morgan fingerprint density at radius 2 is 1.31 bits per heavy atom. The minimum atomic E-state index is -2.51. The molecular weight excluding hydrogens is 1030 g/mol. The summed E-state index contributed by atoms with van der Waals surface area (Å²) in [5, 5.41) is 2.53. The number of benzene rings is 3. The molecule has 16 nitrogen and oxygen atoms in total. The van der Waals surface area contributed by atoms with Gasteiger partial charge in [0.1, 0.15) is 44.0 Å². The van der Waals surface area contributed by atoms with Crippen LogP contribution in [0.2, 0.25) is 18.1 Å². The molecule has 0 fully saturated rings. The van der Waals surface area contributed by atoms with Crippen LogP contribution in [-0.2, 0) is 58.6 Å². The van der Waals surface area contributed by atoms with E-state index in [1.54, 1.807) is 26.8 Å². The average Bonchev–Trinajstić information content (AvgIpc) is 3.96. The van der Waals surface area contributed by atoms with Gasteiger partial charge in [0.2, 0.25) is 11.8 Å². The molecule has 438 valence electrons. The van der Waals surface area contributed by atoms with Gasteiger partial charge in [-0.3, -0.25) is 24.1 Å². The summed E-state index contributed by atoms with van der Waals surface area (Å²) >= 11 is 0. The Morgan fingerprint density at radius 1 is 0.750 bits per heavy atom. The summed E-state index contributed by atoms with van der Waals surface area (Å²) in [5.41, 5.74) is 5.37. The van der Waals surface area contributed by atoms with E-state index in [9.17, 15) is 33.6 Å². The molecule has 1 N–H and O–H groups in total. The molecular formula is C63H90N4O12Si. The highest BCUT2D eigenvalue weighted by molar-refractivity contribution is 6.74. The Labute approximate surface area is 477 Å². The summed E-state index contributed by atoms with van der Waals surface area (Å²) in [6, 6.07) is 22.1. The van der Waals surface area contributed by atoms with Gasteiger partial charge in [0.15, 0.2) is 14.4 Å². The lowest BCUT2D eigenvalue weighted by atomic mass is 9.86. The van der Waals surface area contributed by atoms with E-state index in [1.165, 1.54) is 48.8 Å². The third kappa shape index (κ3) is 17.2. The highest BCUT2D eigenvalue weighted by Gasteiger charge is 2.43. The highest BCUT2D eigenvalue weighted by atomic mass is 28.4. The Kier molecular flexibility index (Phi) is 24.5. The van der Waals surface area contributed by atoms with Gasteiger partial charge in [0.05, 0.1) is 6.10 Å². The van der Waals surface area contributed by atoms with Crippen LogP contribution in [0.3, 0.4) is 0 Å². The monoisotopic (exact) mass is 1120 g/mol. The van der Waals surface area contributed by atoms with E-state index >= 15 is 0 Å². The van der Waals surface area contributed by atoms with Crippen LogP contribution >= 0.6 is 0 Å². The Morgan fingerprint density at radius 3 is 1.86 bits per heavy atom. The van der Waals surface area contributed by atoms with E-state index < -0.39 is 98.3 Å². The number of carbonyl (C=O) groups is 7. The molecule has 4 rings (SSSR count). The molecule has 17 heteroatoms. The number of fused-ring (bicyclic) bond motifs is 3. The van der Waals surface area contributed by atoms with Gasteiger partial charge in [-0.2, -0.15) is 0 Å². The zero-order chi connectivity index (χ0) is 59.8. The Balaban J connectivity index is 1.50. The fraction of sp³-hybridized carbons (Fsp3) is 0.540. The number of ether oxygens (including phenoxy) is 4. The molecule has 0 spiro atoms. The highest BCUT2D eigenvalue weighted by Crippen LogP contribution is 2.45. The van der Waals surface area contributed by atoms with Crippen LogP contribution in [0.25, 0.3) is 11.1 Å². The van der Waals surface area contributed by atoms with E-state index in [1.807, 2.05) is 94.4 Å². The van der Waals surface area contributed by atoms with E-state index in [2.05, 4.69) is 57.9 Å². The molecule has 3 aromatic carbocycles. The van der Waals surface area contributed by atoms with Crippen molar-refractivity contribution in [1.29, 1.82) is 0 Å². The fourth-order valence-corrected chi connectivity index (χ4v) is 10.8. The Hall–Kier alpha value is -6.59. The summed E-state index contributed by atoms with van der Waals surface area (Å²) in [4.78, 5) is 100. The summed E-state index contributed by atoms with van der Waals surface area (Å²) in [6.45, 7) is 28.3. The SMILES string of the molecule is C=CCOC(=O)CN(C)C(=O)[C@@H](Cc1ccccc1)N(C)C(=O)[C@H](C)NC(=O)[C@H](OC(=O)/C(C)=C/C[C@@H](O[Si](C)(C)C(C)(C)C)[C@H](C)[C@@H](OC(=O)[C@H](C)N(C)C(=O)OCC1c2ccccc2-c2ccccc21)[C@@H](C)CC)[C@@H](C)CC. The van der Waals surface area contributed by atoms with Gasteiger partial charge in [0, 0.05) is 50.9 Å². The molecule has 3 aromatic rings. The van der Waals surface area contributed by atoms with Gasteiger partial charge in [-0.25, -0.2) is 14.4 Å². The van der Waals surface area contributed by atoms with E-state index in [0.717, 1.165) is 27.8 Å². The van der Waals surface area contributed by atoms with Crippen molar-refractivity contribution in [3.63, 3.8) is 0 Å². The normalized spacial score (nSPS) is 15.9. The minimum Gasteiger partial charge on any atom is -0.460 e. The zero-order valence-electron chi connectivity index (χ0n) is 50.3. The predicted molar refractivity (Wildman–Crippen MR) is 314 cm³/mol. The van der Waals surface area contributed by atoms with Crippen LogP contribution in [-0.4, -0.2) is 142 Å². The van der Waals surface area contributed by atoms with Crippen molar-refractivity contribution in [1.82, 2.24) is 20.0 Å².